The summed E-state index contributed by atoms with van der Waals surface area (Å²) in [5.74, 6) is 2.52. The molecule has 6 heteroatoms. The van der Waals surface area contributed by atoms with Crippen LogP contribution in [0.25, 0.3) is 16.8 Å². The standard InChI is InChI=1S/C20H23N3O.C8H16.C2H5NO/c1-22-11-6-8-16(14-22)20-21-19(18-10-3-4-12-23(18)20)15-7-5-9-17(13-15)24-2;1-2-4-6-8-7-5-3-1;1-3-2-4/h3-5,7,9-10,12-13,16H,6,8,11,14H2,1-2H3;1-8H2;2H,1H3,(H,3,4). The molecular weight excluding hydrogens is 448 g/mol. The average molecular weight is 493 g/mol. The van der Waals surface area contributed by atoms with Gasteiger partial charge >= 0.3 is 0 Å². The highest BCUT2D eigenvalue weighted by Crippen LogP contribution is 2.32. The smallest absolute Gasteiger partial charge is 0.206 e. The zero-order valence-corrected chi connectivity index (χ0v) is 22.4. The van der Waals surface area contributed by atoms with Crippen LogP contribution in [0.4, 0.5) is 0 Å². The maximum Gasteiger partial charge on any atom is 0.206 e. The molecule has 1 aromatic carbocycles. The molecule has 1 amide bonds. The van der Waals surface area contributed by atoms with Crippen molar-refractivity contribution in [1.29, 1.82) is 0 Å². The lowest BCUT2D eigenvalue weighted by Gasteiger charge is -2.28. The van der Waals surface area contributed by atoms with Crippen LogP contribution in [-0.2, 0) is 4.79 Å². The molecule has 1 aliphatic carbocycles. The summed E-state index contributed by atoms with van der Waals surface area (Å²) in [6.07, 6.45) is 17.2. The van der Waals surface area contributed by atoms with Gasteiger partial charge in [-0.25, -0.2) is 4.98 Å². The van der Waals surface area contributed by atoms with Gasteiger partial charge in [-0.3, -0.25) is 4.79 Å². The summed E-state index contributed by atoms with van der Waals surface area (Å²) < 4.78 is 7.65. The minimum atomic E-state index is 0.484. The number of rotatable bonds is 4. The summed E-state index contributed by atoms with van der Waals surface area (Å²) in [5.41, 5.74) is 3.31. The molecule has 1 N–H and O–H groups in total. The summed E-state index contributed by atoms with van der Waals surface area (Å²) in [7, 11) is 5.46. The van der Waals surface area contributed by atoms with Gasteiger partial charge in [-0.15, -0.1) is 0 Å². The second-order valence-electron chi connectivity index (χ2n) is 9.84. The Labute approximate surface area is 217 Å². The molecule has 1 unspecified atom stereocenters. The molecule has 1 atom stereocenters. The molecular formula is C30H44N4O2. The number of nitrogens with zero attached hydrogens (tertiary/aromatic N) is 3. The van der Waals surface area contributed by atoms with Crippen LogP contribution in [0, 0.1) is 0 Å². The monoisotopic (exact) mass is 492 g/mol. The van der Waals surface area contributed by atoms with Crippen molar-refractivity contribution < 1.29 is 9.53 Å². The van der Waals surface area contributed by atoms with E-state index in [2.05, 4.69) is 58.2 Å². The number of benzene rings is 1. The van der Waals surface area contributed by atoms with E-state index in [4.69, 9.17) is 14.5 Å². The minimum Gasteiger partial charge on any atom is -0.497 e. The van der Waals surface area contributed by atoms with Crippen molar-refractivity contribution in [1.82, 2.24) is 19.6 Å². The van der Waals surface area contributed by atoms with E-state index >= 15 is 0 Å². The van der Waals surface area contributed by atoms with Crippen LogP contribution in [-0.4, -0.2) is 55.0 Å². The Hall–Kier alpha value is -2.86. The van der Waals surface area contributed by atoms with E-state index in [1.54, 1.807) is 14.2 Å². The third-order valence-corrected chi connectivity index (χ3v) is 7.03. The number of amides is 1. The van der Waals surface area contributed by atoms with Gasteiger partial charge in [0.05, 0.1) is 18.3 Å². The average Bonchev–Trinajstić information content (AvgIpc) is 3.29. The first kappa shape index (κ1) is 27.7. The number of likely N-dealkylation sites (tertiary alicyclic amines) is 1. The van der Waals surface area contributed by atoms with E-state index in [0.717, 1.165) is 29.1 Å². The highest BCUT2D eigenvalue weighted by Gasteiger charge is 2.24. The molecule has 1 saturated heterocycles. The maximum absolute atomic E-state index is 9.06. The Bertz CT molecular complexity index is 1020. The van der Waals surface area contributed by atoms with Crippen LogP contribution >= 0.6 is 0 Å². The lowest BCUT2D eigenvalue weighted by Crippen LogP contribution is -2.31. The third kappa shape index (κ3) is 8.09. The topological polar surface area (TPSA) is 58.9 Å². The number of pyridine rings is 1. The SMILES string of the molecule is C1CCCCCCC1.CNC=O.COc1cccc(-c2nc(C3CCCN(C)C3)n3ccccc23)c1. The molecule has 196 valence electrons. The van der Waals surface area contributed by atoms with Crippen molar-refractivity contribution in [3.05, 3.63) is 54.5 Å². The van der Waals surface area contributed by atoms with E-state index < -0.39 is 0 Å². The number of aromatic nitrogens is 2. The van der Waals surface area contributed by atoms with E-state index in [-0.39, 0.29) is 0 Å². The van der Waals surface area contributed by atoms with Crippen LogP contribution in [0.5, 0.6) is 5.75 Å². The Kier molecular flexibility index (Phi) is 11.8. The number of carbonyl (C=O) groups excluding carboxylic acids is 1. The molecule has 1 saturated carbocycles. The van der Waals surface area contributed by atoms with Crippen LogP contribution in [0.3, 0.4) is 0 Å². The zero-order chi connectivity index (χ0) is 25.6. The van der Waals surface area contributed by atoms with E-state index in [0.29, 0.717) is 12.3 Å². The summed E-state index contributed by atoms with van der Waals surface area (Å²) in [6, 6.07) is 14.5. The number of methoxy groups -OCH3 is 1. The van der Waals surface area contributed by atoms with Gasteiger partial charge in [-0.05, 0) is 50.7 Å². The molecule has 36 heavy (non-hydrogen) atoms. The van der Waals surface area contributed by atoms with Crippen molar-refractivity contribution in [3.8, 4) is 17.0 Å². The second kappa shape index (κ2) is 15.3. The van der Waals surface area contributed by atoms with Crippen molar-refractivity contribution >= 4 is 11.9 Å². The number of carbonyl (C=O) groups is 1. The lowest BCUT2D eigenvalue weighted by atomic mass is 9.98. The first-order valence-electron chi connectivity index (χ1n) is 13.6. The Balaban J connectivity index is 0.000000250. The predicted molar refractivity (Wildman–Crippen MR) is 149 cm³/mol. The fourth-order valence-corrected chi connectivity index (χ4v) is 5.12. The Morgan fingerprint density at radius 1 is 0.972 bits per heavy atom. The number of ether oxygens (including phenoxy) is 1. The number of hydrogen-bond acceptors (Lipinski definition) is 4. The molecule has 6 nitrogen and oxygen atoms in total. The van der Waals surface area contributed by atoms with Gasteiger partial charge in [0, 0.05) is 31.3 Å². The molecule has 2 aromatic heterocycles. The maximum atomic E-state index is 9.06. The van der Waals surface area contributed by atoms with Gasteiger partial charge in [0.1, 0.15) is 11.6 Å². The first-order chi connectivity index (χ1) is 17.7. The molecule has 0 bridgehead atoms. The highest BCUT2D eigenvalue weighted by atomic mass is 16.5. The summed E-state index contributed by atoms with van der Waals surface area (Å²) in [4.78, 5) is 16.5. The van der Waals surface area contributed by atoms with E-state index in [1.807, 2.05) is 12.1 Å². The molecule has 2 fully saturated rings. The Morgan fingerprint density at radius 2 is 1.64 bits per heavy atom. The quantitative estimate of drug-likeness (QED) is 0.434. The first-order valence-corrected chi connectivity index (χ1v) is 13.6. The number of fused-ring (bicyclic) bond motifs is 1. The summed E-state index contributed by atoms with van der Waals surface area (Å²) in [5, 5.41) is 2.25. The number of nitrogens with one attached hydrogen (secondary N) is 1. The van der Waals surface area contributed by atoms with Gasteiger partial charge in [-0.2, -0.15) is 0 Å². The predicted octanol–water partition coefficient (Wildman–Crippen LogP) is 6.30. The molecule has 3 heterocycles. The second-order valence-corrected chi connectivity index (χ2v) is 9.84. The molecule has 2 aliphatic rings. The van der Waals surface area contributed by atoms with Crippen molar-refractivity contribution in [3.63, 3.8) is 0 Å². The Morgan fingerprint density at radius 3 is 2.22 bits per heavy atom. The van der Waals surface area contributed by atoms with Crippen LogP contribution in [0.2, 0.25) is 0 Å². The molecule has 3 aromatic rings. The number of likely N-dealkylation sites (N-methyl/N-ethyl adjacent to an activating group) is 1. The van der Waals surface area contributed by atoms with Crippen molar-refractivity contribution in [2.24, 2.45) is 0 Å². The lowest BCUT2D eigenvalue weighted by molar-refractivity contribution is -0.109. The fraction of sp³-hybridized carbons (Fsp3) is 0.533. The number of hydrogen-bond donors (Lipinski definition) is 1. The molecule has 0 radical (unpaired) electrons. The van der Waals surface area contributed by atoms with Gasteiger partial charge in [0.2, 0.25) is 6.41 Å². The zero-order valence-electron chi connectivity index (χ0n) is 22.4. The highest BCUT2D eigenvalue weighted by molar-refractivity contribution is 5.78. The van der Waals surface area contributed by atoms with Crippen LogP contribution < -0.4 is 10.1 Å². The summed E-state index contributed by atoms with van der Waals surface area (Å²) in [6.45, 7) is 2.26. The minimum absolute atomic E-state index is 0.484. The largest absolute Gasteiger partial charge is 0.497 e. The van der Waals surface area contributed by atoms with E-state index in [1.165, 1.54) is 76.6 Å². The van der Waals surface area contributed by atoms with Crippen LogP contribution in [0.15, 0.2) is 48.7 Å². The number of imidazole rings is 1. The van der Waals surface area contributed by atoms with Gasteiger partial charge in [0.15, 0.2) is 0 Å². The van der Waals surface area contributed by atoms with Gasteiger partial charge in [0.25, 0.3) is 0 Å². The van der Waals surface area contributed by atoms with Gasteiger partial charge < -0.3 is 19.4 Å². The van der Waals surface area contributed by atoms with Crippen molar-refractivity contribution in [2.45, 2.75) is 70.1 Å². The van der Waals surface area contributed by atoms with Gasteiger partial charge in [-0.1, -0.05) is 69.6 Å². The fourth-order valence-electron chi connectivity index (χ4n) is 5.12. The van der Waals surface area contributed by atoms with Crippen molar-refractivity contribution in [2.75, 3.05) is 34.3 Å². The number of piperidine rings is 1. The van der Waals surface area contributed by atoms with Crippen LogP contribution in [0.1, 0.15) is 76.0 Å². The molecule has 0 spiro atoms. The normalized spacial score (nSPS) is 18.5. The summed E-state index contributed by atoms with van der Waals surface area (Å²) >= 11 is 0. The van der Waals surface area contributed by atoms with E-state index in [9.17, 15) is 0 Å². The molecule has 1 aliphatic heterocycles. The molecule has 5 rings (SSSR count). The third-order valence-electron chi connectivity index (χ3n) is 7.03.